The van der Waals surface area contributed by atoms with E-state index in [1.165, 1.54) is 73.8 Å². The third kappa shape index (κ3) is 11.2. The number of pyridine rings is 7. The lowest BCUT2D eigenvalue weighted by molar-refractivity contribution is 0.397. The highest BCUT2D eigenvalue weighted by Gasteiger charge is 2.17. The highest BCUT2D eigenvalue weighted by atomic mass is 79.9. The molecule has 0 aliphatic carbocycles. The first-order valence-electron chi connectivity index (χ1n) is 32.1. The minimum Gasteiger partial charge on any atom is -0.497 e. The van der Waals surface area contributed by atoms with Crippen LogP contribution < -0.4 is 41.2 Å². The molecule has 11 aromatic heterocycles. The number of hydrogen-bond donors (Lipinski definition) is 4. The normalized spacial score (nSPS) is 13.1. The number of aromatic amines is 4. The van der Waals surface area contributed by atoms with Gasteiger partial charge in [0.05, 0.1) is 148 Å². The molecular weight excluding hydrogens is 1260 g/mol. The summed E-state index contributed by atoms with van der Waals surface area (Å²) in [6.07, 6.45) is 10.5. The minimum atomic E-state index is -2.59. The summed E-state index contributed by atoms with van der Waals surface area (Å²) in [7, 11) is -6.12. The van der Waals surface area contributed by atoms with Crippen molar-refractivity contribution in [2.24, 2.45) is 0 Å². The lowest BCUT2D eigenvalue weighted by Gasteiger charge is -2.03. The summed E-state index contributed by atoms with van der Waals surface area (Å²) in [5, 5.41) is 18.1. The van der Waals surface area contributed by atoms with Crippen molar-refractivity contribution in [1.82, 2.24) is 74.0 Å². The van der Waals surface area contributed by atoms with Crippen LogP contribution in [0.1, 0.15) is 23.5 Å². The third-order valence-electron chi connectivity index (χ3n) is 14.9. The number of nitrogens with zero attached hydrogens (tertiary/aromatic N) is 11. The van der Waals surface area contributed by atoms with Crippen LogP contribution in [0.2, 0.25) is 5.02 Å². The molecule has 0 fully saturated rings. The highest BCUT2D eigenvalue weighted by molar-refractivity contribution is 9.10. The van der Waals surface area contributed by atoms with Gasteiger partial charge in [0, 0.05) is 74.0 Å². The van der Waals surface area contributed by atoms with Crippen LogP contribution in [0.25, 0.3) is 110 Å². The Balaban J connectivity index is 0.000000121. The molecular formula is C67H51BrClN15O8. The zero-order valence-corrected chi connectivity index (χ0v) is 50.5. The van der Waals surface area contributed by atoms with E-state index < -0.39 is 21.1 Å². The number of aryl methyl sites for hydroxylation is 2. The van der Waals surface area contributed by atoms with Crippen LogP contribution in [0.15, 0.2) is 200 Å². The Morgan fingerprint density at radius 2 is 0.761 bits per heavy atom. The average molecular weight is 1320 g/mol. The van der Waals surface area contributed by atoms with Gasteiger partial charge in [0.25, 0.3) is 22.2 Å². The summed E-state index contributed by atoms with van der Waals surface area (Å²) in [4.78, 5) is 80.1. The van der Waals surface area contributed by atoms with Crippen LogP contribution in [0, 0.1) is 13.8 Å². The van der Waals surface area contributed by atoms with Gasteiger partial charge in [-0.1, -0.05) is 51.8 Å². The number of aromatic nitrogens is 15. The second kappa shape index (κ2) is 24.7. The lowest BCUT2D eigenvalue weighted by atomic mass is 10.1. The molecule has 0 saturated carbocycles. The van der Waals surface area contributed by atoms with Crippen LogP contribution in [-0.2, 0) is 0 Å². The Bertz CT molecular complexity index is 5930. The fraction of sp³-hybridized carbons (Fsp3) is 0.0896. The molecule has 0 spiro atoms. The third-order valence-corrected chi connectivity index (χ3v) is 15.6. The first-order valence-corrected chi connectivity index (χ1v) is 28.8. The van der Waals surface area contributed by atoms with E-state index in [4.69, 9.17) is 42.9 Å². The zero-order chi connectivity index (χ0) is 71.4. The second-order valence-corrected chi connectivity index (χ2v) is 22.0. The van der Waals surface area contributed by atoms with Gasteiger partial charge in [0.2, 0.25) is 17.6 Å². The van der Waals surface area contributed by atoms with Crippen molar-refractivity contribution in [2.45, 2.75) is 13.8 Å². The van der Waals surface area contributed by atoms with E-state index >= 15 is 0 Å². The van der Waals surface area contributed by atoms with E-state index in [9.17, 15) is 19.2 Å². The van der Waals surface area contributed by atoms with Crippen LogP contribution >= 0.6 is 27.5 Å². The van der Waals surface area contributed by atoms with Crippen molar-refractivity contribution in [3.05, 3.63) is 239 Å². The molecule has 25 heteroatoms. The number of rotatable bonds is 8. The SMILES string of the molecule is COc1ccc(-n2[nH]c3c(cnc4cc(C)ccc43)c2=O)cn1.[2H]C([2H])([2H])Oc1ccc(-n2[nH]c3c(cnc4cc(Br)ccc43)c2=O)cn1.[2H]C([2H])([2H])Oc1ccc(-n2[nH]c3c(cnc4cc(C)ccc43)c2=O)cc1.[2H]C([2H])([2H])Oc1ccc(-n2[nH]c3c(cnc4ccc(Cl)cc43)c2=O)cn1. The maximum Gasteiger partial charge on any atom is 0.280 e. The Morgan fingerprint density at radius 1 is 0.380 bits per heavy atom. The van der Waals surface area contributed by atoms with Gasteiger partial charge in [-0.15, -0.1) is 0 Å². The number of nitrogens with one attached hydrogen (secondary N) is 4. The van der Waals surface area contributed by atoms with E-state index in [-0.39, 0.29) is 39.7 Å². The lowest BCUT2D eigenvalue weighted by Crippen LogP contribution is -2.14. The van der Waals surface area contributed by atoms with Crippen LogP contribution in [0.3, 0.4) is 0 Å². The largest absolute Gasteiger partial charge is 0.497 e. The predicted octanol–water partition coefficient (Wildman–Crippen LogP) is 11.7. The van der Waals surface area contributed by atoms with Crippen LogP contribution in [-0.4, -0.2) is 102 Å². The molecule has 5 aromatic carbocycles. The van der Waals surface area contributed by atoms with Gasteiger partial charge in [-0.2, -0.15) is 0 Å². The molecule has 456 valence electrons. The molecule has 0 aliphatic heterocycles. The standard InChI is InChI=1S/C18H15N3O2.C17H14N4O2.C16H11BrN4O2.C16H11ClN4O2/c1-11-3-8-14-16(9-11)19-10-15-17(14)20-21(18(15)22)12-4-6-13(23-2)7-5-12;1-10-3-5-12-14(7-10)18-9-13-16(12)20-21(17(13)22)11-4-6-15(23-2)19-8-11;1-23-14-5-3-10(7-19-14)21-16(22)12-8-18-13-6-9(17)2-4-11(13)15(12)20-21;1-23-14-5-3-10(7-19-14)21-16(22)12-8-18-13-4-2-9(17)6-11(13)15(12)20-21/h3-10,20H,1-2H3;3-9,20H,1-2H3;2*2-8,20H,1H3/i2D3;;2*1D3. The van der Waals surface area contributed by atoms with Crippen molar-refractivity contribution in [1.29, 1.82) is 0 Å². The number of halogens is 2. The number of hydrogen-bond acceptors (Lipinski definition) is 15. The second-order valence-electron chi connectivity index (χ2n) is 20.6. The monoisotopic (exact) mass is 1320 g/mol. The minimum absolute atomic E-state index is 0.0464. The van der Waals surface area contributed by atoms with Crippen molar-refractivity contribution < 1.29 is 31.3 Å². The molecule has 0 unspecified atom stereocenters. The summed E-state index contributed by atoms with van der Waals surface area (Å²) in [5.41, 5.74) is 9.25. The fourth-order valence-electron chi connectivity index (χ4n) is 10.3. The molecule has 92 heavy (non-hydrogen) atoms. The van der Waals surface area contributed by atoms with Gasteiger partial charge in [-0.05, 0) is 116 Å². The molecule has 0 amide bonds. The summed E-state index contributed by atoms with van der Waals surface area (Å²) in [6, 6.07) is 38.3. The maximum atomic E-state index is 12.7. The predicted molar refractivity (Wildman–Crippen MR) is 359 cm³/mol. The molecule has 16 rings (SSSR count). The van der Waals surface area contributed by atoms with Gasteiger partial charge in [-0.3, -0.25) is 59.5 Å². The molecule has 0 radical (unpaired) electrons. The Morgan fingerprint density at radius 3 is 1.17 bits per heavy atom. The maximum absolute atomic E-state index is 12.7. The van der Waals surface area contributed by atoms with Crippen molar-refractivity contribution >= 4 is 115 Å². The van der Waals surface area contributed by atoms with Crippen molar-refractivity contribution in [3.8, 4) is 46.1 Å². The zero-order valence-electron chi connectivity index (χ0n) is 57.2. The van der Waals surface area contributed by atoms with Crippen molar-refractivity contribution in [3.63, 3.8) is 0 Å². The number of H-pyrrole nitrogens is 4. The molecule has 4 N–H and O–H groups in total. The van der Waals surface area contributed by atoms with Crippen LogP contribution in [0.4, 0.5) is 0 Å². The molecule has 0 atom stereocenters. The number of ether oxygens (including phenoxy) is 4. The number of fused-ring (bicyclic) bond motifs is 12. The molecule has 23 nitrogen and oxygen atoms in total. The molecule has 0 aliphatic rings. The van der Waals surface area contributed by atoms with E-state index in [2.05, 4.69) is 71.2 Å². The topological polar surface area (TPSA) is 278 Å². The highest BCUT2D eigenvalue weighted by Crippen LogP contribution is 2.28. The first-order chi connectivity index (χ1) is 48.1. The van der Waals surface area contributed by atoms with Gasteiger partial charge < -0.3 is 18.9 Å². The smallest absolute Gasteiger partial charge is 0.280 e. The number of benzene rings is 5. The molecule has 0 bridgehead atoms. The van der Waals surface area contributed by atoms with Crippen LogP contribution in [0.5, 0.6) is 23.4 Å². The van der Waals surface area contributed by atoms with E-state index in [0.29, 0.717) is 77.3 Å². The Labute approximate surface area is 544 Å². The van der Waals surface area contributed by atoms with E-state index in [0.717, 1.165) is 59.2 Å². The average Bonchev–Trinajstić information content (AvgIpc) is 1.66. The quantitative estimate of drug-likeness (QED) is 0.110. The fourth-order valence-corrected chi connectivity index (χ4v) is 10.9. The summed E-state index contributed by atoms with van der Waals surface area (Å²) in [6.45, 7) is 4.00. The molecule has 11 heterocycles. The first kappa shape index (κ1) is 49.2. The summed E-state index contributed by atoms with van der Waals surface area (Å²) in [5.74, 6) is 0.604. The van der Waals surface area contributed by atoms with E-state index in [1.54, 1.807) is 74.2 Å². The van der Waals surface area contributed by atoms with Gasteiger partial charge in [0.15, 0.2) is 0 Å². The van der Waals surface area contributed by atoms with E-state index in [1.807, 2.05) is 68.4 Å². The molecule has 0 saturated heterocycles. The van der Waals surface area contributed by atoms with Gasteiger partial charge >= 0.3 is 0 Å². The van der Waals surface area contributed by atoms with Gasteiger partial charge in [-0.25, -0.2) is 33.7 Å². The van der Waals surface area contributed by atoms with Crippen molar-refractivity contribution in [2.75, 3.05) is 28.2 Å². The summed E-state index contributed by atoms with van der Waals surface area (Å²) < 4.78 is 89.6. The van der Waals surface area contributed by atoms with Gasteiger partial charge in [0.1, 0.15) is 5.75 Å². The number of methoxy groups -OCH3 is 4. The summed E-state index contributed by atoms with van der Waals surface area (Å²) >= 11 is 9.46. The molecule has 16 aromatic rings. The Hall–Kier alpha value is -11.8. The Kier molecular flexibility index (Phi) is 13.2.